The molecule has 4 aromatic rings. The van der Waals surface area contributed by atoms with Crippen molar-refractivity contribution in [2.75, 3.05) is 29.3 Å². The quantitative estimate of drug-likeness (QED) is 0.168. The number of urea groups is 1. The lowest BCUT2D eigenvalue weighted by Crippen LogP contribution is -2.50. The van der Waals surface area contributed by atoms with Gasteiger partial charge in [-0.3, -0.25) is 14.6 Å². The average Bonchev–Trinajstić information content (AvgIpc) is 3.11. The minimum absolute atomic E-state index is 0.104. The molecule has 2 heterocycles. The molecule has 1 aliphatic carbocycles. The highest BCUT2D eigenvalue weighted by Gasteiger charge is 2.38. The molecule has 0 spiro atoms. The number of nitrogens with zero attached hydrogens (tertiary/aromatic N) is 4. The van der Waals surface area contributed by atoms with Gasteiger partial charge < -0.3 is 20.1 Å². The van der Waals surface area contributed by atoms with E-state index in [1.807, 2.05) is 48.5 Å². The number of methoxy groups -OCH3 is 2. The van der Waals surface area contributed by atoms with E-state index in [4.69, 9.17) is 37.7 Å². The SMILES string of the molecule is C=CC(=O)N[C@H]1CCC(c2ccccc2)C[C@H]1Nc1ncc2c(n1)N(Cc1ccccc1)C(=O)N(c1c(Cl)c(OC)cc(OC)c1Cl)C2. The second kappa shape index (κ2) is 14.5. The van der Waals surface area contributed by atoms with Gasteiger partial charge in [0.25, 0.3) is 0 Å². The fourth-order valence-corrected chi connectivity index (χ4v) is 7.12. The minimum atomic E-state index is -0.381. The maximum atomic E-state index is 14.4. The number of hydrogen-bond acceptors (Lipinski definition) is 7. The third-order valence-electron chi connectivity index (χ3n) is 8.84. The first-order chi connectivity index (χ1) is 23.3. The van der Waals surface area contributed by atoms with Gasteiger partial charge in [0.15, 0.2) is 0 Å². The van der Waals surface area contributed by atoms with Crippen LogP contribution >= 0.6 is 23.2 Å². The highest BCUT2D eigenvalue weighted by atomic mass is 35.5. The standard InChI is InChI=1S/C36H36Cl2N6O4/c1-4-30(45)40-26-16-15-24(23-13-9-6-10-14-23)17-27(26)41-35-39-19-25-21-43(33-31(37)28(47-2)18-29(48-3)32(33)38)36(46)44(34(25)42-35)20-22-11-7-5-8-12-22/h4-14,18-19,24,26-27H,1,15-17,20-21H2,2-3H3,(H,40,45)(H,39,41,42)/t24?,26-,27+/m0/s1. The number of aromatic nitrogens is 2. The predicted molar refractivity (Wildman–Crippen MR) is 188 cm³/mol. The van der Waals surface area contributed by atoms with E-state index in [2.05, 4.69) is 34.3 Å². The minimum Gasteiger partial charge on any atom is -0.495 e. The molecule has 3 aromatic carbocycles. The van der Waals surface area contributed by atoms with Crippen molar-refractivity contribution >= 4 is 52.6 Å². The van der Waals surface area contributed by atoms with Gasteiger partial charge in [-0.1, -0.05) is 90.4 Å². The highest BCUT2D eigenvalue weighted by Crippen LogP contribution is 2.48. The van der Waals surface area contributed by atoms with Crippen molar-refractivity contribution < 1.29 is 19.1 Å². The maximum absolute atomic E-state index is 14.4. The summed E-state index contributed by atoms with van der Waals surface area (Å²) in [6, 6.07) is 20.9. The smallest absolute Gasteiger partial charge is 0.330 e. The largest absolute Gasteiger partial charge is 0.495 e. The second-order valence-electron chi connectivity index (χ2n) is 11.7. The molecule has 1 fully saturated rings. The van der Waals surface area contributed by atoms with E-state index < -0.39 is 0 Å². The number of carbonyl (C=O) groups excluding carboxylic acids is 2. The molecule has 0 saturated heterocycles. The number of rotatable bonds is 10. The van der Waals surface area contributed by atoms with Gasteiger partial charge in [0.05, 0.1) is 33.0 Å². The first kappa shape index (κ1) is 33.1. The Kier molecular flexibility index (Phi) is 10.0. The van der Waals surface area contributed by atoms with Crippen LogP contribution < -0.4 is 29.9 Å². The van der Waals surface area contributed by atoms with E-state index in [-0.39, 0.29) is 58.8 Å². The summed E-state index contributed by atoms with van der Waals surface area (Å²) in [4.78, 5) is 39.5. The Balaban J connectivity index is 1.37. The van der Waals surface area contributed by atoms with Gasteiger partial charge in [-0.2, -0.15) is 4.98 Å². The molecule has 1 aliphatic heterocycles. The Labute approximate surface area is 289 Å². The van der Waals surface area contributed by atoms with Gasteiger partial charge in [0, 0.05) is 29.9 Å². The molecular weight excluding hydrogens is 651 g/mol. The summed E-state index contributed by atoms with van der Waals surface area (Å²) < 4.78 is 11.0. The molecule has 1 saturated carbocycles. The van der Waals surface area contributed by atoms with Crippen molar-refractivity contribution in [2.45, 2.75) is 50.4 Å². The van der Waals surface area contributed by atoms with Crippen molar-refractivity contribution in [3.63, 3.8) is 0 Å². The fraction of sp³-hybridized carbons (Fsp3) is 0.278. The average molecular weight is 688 g/mol. The van der Waals surface area contributed by atoms with Crippen molar-refractivity contribution in [1.82, 2.24) is 15.3 Å². The summed E-state index contributed by atoms with van der Waals surface area (Å²) in [6.45, 7) is 3.96. The third-order valence-corrected chi connectivity index (χ3v) is 9.57. The Morgan fingerprint density at radius 2 is 1.67 bits per heavy atom. The molecular formula is C36H36Cl2N6O4. The van der Waals surface area contributed by atoms with Crippen molar-refractivity contribution in [1.29, 1.82) is 0 Å². The first-order valence-electron chi connectivity index (χ1n) is 15.6. The molecule has 6 rings (SSSR count). The number of benzene rings is 3. The number of hydrogen-bond donors (Lipinski definition) is 2. The summed E-state index contributed by atoms with van der Waals surface area (Å²) in [7, 11) is 2.97. The first-order valence-corrected chi connectivity index (χ1v) is 16.4. The zero-order valence-corrected chi connectivity index (χ0v) is 28.2. The van der Waals surface area contributed by atoms with Crippen molar-refractivity contribution in [3.05, 3.63) is 112 Å². The molecule has 2 N–H and O–H groups in total. The lowest BCUT2D eigenvalue weighted by molar-refractivity contribution is -0.117. The van der Waals surface area contributed by atoms with Gasteiger partial charge in [-0.15, -0.1) is 0 Å². The molecule has 48 heavy (non-hydrogen) atoms. The summed E-state index contributed by atoms with van der Waals surface area (Å²) in [5.74, 6) is 1.50. The lowest BCUT2D eigenvalue weighted by atomic mass is 9.78. The van der Waals surface area contributed by atoms with Gasteiger partial charge in [0.1, 0.15) is 27.4 Å². The number of halogens is 2. The van der Waals surface area contributed by atoms with Crippen molar-refractivity contribution in [2.24, 2.45) is 0 Å². The molecule has 1 unspecified atom stereocenters. The van der Waals surface area contributed by atoms with Crippen LogP contribution in [0.1, 0.15) is 41.9 Å². The number of nitrogens with one attached hydrogen (secondary N) is 2. The fourth-order valence-electron chi connectivity index (χ4n) is 6.42. The van der Waals surface area contributed by atoms with Crippen LogP contribution in [0.4, 0.5) is 22.2 Å². The summed E-state index contributed by atoms with van der Waals surface area (Å²) >= 11 is 13.5. The van der Waals surface area contributed by atoms with E-state index >= 15 is 0 Å². The van der Waals surface area contributed by atoms with Gasteiger partial charge in [0.2, 0.25) is 11.9 Å². The Morgan fingerprint density at radius 1 is 1.00 bits per heavy atom. The second-order valence-corrected chi connectivity index (χ2v) is 12.5. The van der Waals surface area contributed by atoms with E-state index in [9.17, 15) is 9.59 Å². The van der Waals surface area contributed by atoms with E-state index in [1.165, 1.54) is 30.8 Å². The Morgan fingerprint density at radius 3 is 2.31 bits per heavy atom. The van der Waals surface area contributed by atoms with Crippen LogP contribution in [-0.4, -0.2) is 48.2 Å². The van der Waals surface area contributed by atoms with Crippen LogP contribution in [-0.2, 0) is 17.9 Å². The van der Waals surface area contributed by atoms with E-state index in [0.29, 0.717) is 28.8 Å². The van der Waals surface area contributed by atoms with Crippen LogP contribution in [0.15, 0.2) is 85.6 Å². The van der Waals surface area contributed by atoms with Crippen molar-refractivity contribution in [3.8, 4) is 11.5 Å². The van der Waals surface area contributed by atoms with Gasteiger partial charge in [-0.05, 0) is 42.4 Å². The highest BCUT2D eigenvalue weighted by molar-refractivity contribution is 6.42. The third kappa shape index (κ3) is 6.77. The maximum Gasteiger partial charge on any atom is 0.330 e. The number of ether oxygens (including phenoxy) is 2. The number of anilines is 3. The molecule has 10 nitrogen and oxygen atoms in total. The normalized spacial score (nSPS) is 18.9. The van der Waals surface area contributed by atoms with Gasteiger partial charge >= 0.3 is 6.03 Å². The Bertz CT molecular complexity index is 1780. The van der Waals surface area contributed by atoms with Crippen LogP contribution in [0, 0.1) is 0 Å². The summed E-state index contributed by atoms with van der Waals surface area (Å²) in [5.41, 5.74) is 3.10. The molecule has 12 heteroatoms. The molecule has 3 amide bonds. The lowest BCUT2D eigenvalue weighted by Gasteiger charge is -2.38. The monoisotopic (exact) mass is 686 g/mol. The molecule has 2 aliphatic rings. The number of fused-ring (bicyclic) bond motifs is 1. The van der Waals surface area contributed by atoms with Crippen LogP contribution in [0.3, 0.4) is 0 Å². The molecule has 1 aromatic heterocycles. The van der Waals surface area contributed by atoms with E-state index in [0.717, 1.165) is 24.8 Å². The summed E-state index contributed by atoms with van der Waals surface area (Å²) in [5, 5.41) is 6.94. The van der Waals surface area contributed by atoms with Gasteiger partial charge in [-0.25, -0.2) is 9.78 Å². The Hall–Kier alpha value is -4.80. The molecule has 0 radical (unpaired) electrons. The van der Waals surface area contributed by atoms with Crippen LogP contribution in [0.25, 0.3) is 0 Å². The molecule has 248 valence electrons. The van der Waals surface area contributed by atoms with Crippen LogP contribution in [0.2, 0.25) is 10.0 Å². The van der Waals surface area contributed by atoms with Crippen LogP contribution in [0.5, 0.6) is 11.5 Å². The van der Waals surface area contributed by atoms with E-state index in [1.54, 1.807) is 17.2 Å². The molecule has 3 atom stereocenters. The summed E-state index contributed by atoms with van der Waals surface area (Å²) in [6.07, 6.45) is 5.42. The topological polar surface area (TPSA) is 109 Å². The number of carbonyl (C=O) groups is 2. The number of amides is 3. The predicted octanol–water partition coefficient (Wildman–Crippen LogP) is 7.37. The zero-order valence-electron chi connectivity index (χ0n) is 26.7. The zero-order chi connectivity index (χ0) is 33.8. The molecule has 0 bridgehead atoms.